The fourth-order valence-electron chi connectivity index (χ4n) is 3.97. The van der Waals surface area contributed by atoms with E-state index in [9.17, 15) is 10.0 Å². The molecular formula is C24H20N6O2. The van der Waals surface area contributed by atoms with Crippen LogP contribution in [0.25, 0.3) is 28.2 Å². The first-order chi connectivity index (χ1) is 15.6. The Morgan fingerprint density at radius 3 is 2.62 bits per heavy atom. The molecule has 0 radical (unpaired) electrons. The van der Waals surface area contributed by atoms with Crippen molar-refractivity contribution >= 4 is 17.3 Å². The van der Waals surface area contributed by atoms with Crippen molar-refractivity contribution in [1.82, 2.24) is 19.7 Å². The van der Waals surface area contributed by atoms with Crippen LogP contribution in [-0.2, 0) is 11.2 Å². The second-order valence-corrected chi connectivity index (χ2v) is 7.58. The van der Waals surface area contributed by atoms with E-state index in [0.717, 1.165) is 52.1 Å². The summed E-state index contributed by atoms with van der Waals surface area (Å²) < 4.78 is 1.73. The maximum atomic E-state index is 11.3. The largest absolute Gasteiger partial charge is 0.411 e. The van der Waals surface area contributed by atoms with Crippen LogP contribution >= 0.6 is 0 Å². The van der Waals surface area contributed by atoms with Gasteiger partial charge < -0.3 is 10.5 Å². The molecule has 32 heavy (non-hydrogen) atoms. The standard InChI is InChI=1S/C24H20N6O2/c1-15(31)27-19-4-7-23(26-13-19)30-14-21(24(28-30)16-8-10-25-11-9-16)18-2-5-20-17(12-18)3-6-22(20)29-32/h2,4-5,7-14,32H,3,6H2,1H3,(H,27,31)/b29-22+. The number of anilines is 1. The molecular weight excluding hydrogens is 404 g/mol. The van der Waals surface area contributed by atoms with Gasteiger partial charge in [0.05, 0.1) is 17.6 Å². The van der Waals surface area contributed by atoms with Crippen molar-refractivity contribution < 1.29 is 10.0 Å². The molecule has 158 valence electrons. The Morgan fingerprint density at radius 2 is 1.91 bits per heavy atom. The number of nitrogens with one attached hydrogen (secondary N) is 1. The molecule has 0 unspecified atom stereocenters. The van der Waals surface area contributed by atoms with Crippen LogP contribution in [0.5, 0.6) is 0 Å². The second-order valence-electron chi connectivity index (χ2n) is 7.58. The first-order valence-electron chi connectivity index (χ1n) is 10.2. The van der Waals surface area contributed by atoms with E-state index in [2.05, 4.69) is 26.5 Å². The fourth-order valence-corrected chi connectivity index (χ4v) is 3.97. The van der Waals surface area contributed by atoms with Crippen molar-refractivity contribution in [3.05, 3.63) is 78.4 Å². The van der Waals surface area contributed by atoms with Crippen LogP contribution in [-0.4, -0.2) is 36.6 Å². The van der Waals surface area contributed by atoms with E-state index in [4.69, 9.17) is 5.10 Å². The lowest BCUT2D eigenvalue weighted by molar-refractivity contribution is -0.114. The molecule has 1 aliphatic carbocycles. The predicted octanol–water partition coefficient (Wildman–Crippen LogP) is 4.08. The van der Waals surface area contributed by atoms with E-state index in [0.29, 0.717) is 11.5 Å². The zero-order valence-electron chi connectivity index (χ0n) is 17.4. The molecule has 0 fully saturated rings. The minimum Gasteiger partial charge on any atom is -0.411 e. The van der Waals surface area contributed by atoms with Crippen LogP contribution in [0, 0.1) is 0 Å². The Kier molecular flexibility index (Phi) is 4.95. The van der Waals surface area contributed by atoms with E-state index in [-0.39, 0.29) is 5.91 Å². The average Bonchev–Trinajstić information content (AvgIpc) is 3.44. The topological polar surface area (TPSA) is 105 Å². The molecule has 1 aliphatic rings. The molecule has 0 bridgehead atoms. The molecule has 3 aromatic heterocycles. The number of pyridine rings is 2. The van der Waals surface area contributed by atoms with Crippen LogP contribution in [0.1, 0.15) is 24.5 Å². The smallest absolute Gasteiger partial charge is 0.221 e. The third-order valence-electron chi connectivity index (χ3n) is 5.45. The number of carbonyl (C=O) groups is 1. The van der Waals surface area contributed by atoms with Crippen molar-refractivity contribution in [2.24, 2.45) is 5.16 Å². The van der Waals surface area contributed by atoms with Gasteiger partial charge in [0.2, 0.25) is 5.91 Å². The number of oxime groups is 1. The summed E-state index contributed by atoms with van der Waals surface area (Å²) in [7, 11) is 0. The number of rotatable bonds is 4. The number of amides is 1. The molecule has 2 N–H and O–H groups in total. The van der Waals surface area contributed by atoms with Gasteiger partial charge in [0, 0.05) is 42.2 Å². The molecule has 5 rings (SSSR count). The summed E-state index contributed by atoms with van der Waals surface area (Å²) >= 11 is 0. The van der Waals surface area contributed by atoms with Crippen molar-refractivity contribution in [1.29, 1.82) is 0 Å². The van der Waals surface area contributed by atoms with Gasteiger partial charge in [0.15, 0.2) is 5.82 Å². The first kappa shape index (κ1) is 19.6. The third-order valence-corrected chi connectivity index (χ3v) is 5.45. The van der Waals surface area contributed by atoms with Crippen molar-refractivity contribution in [3.63, 3.8) is 0 Å². The molecule has 0 aliphatic heterocycles. The lowest BCUT2D eigenvalue weighted by atomic mass is 9.98. The predicted molar refractivity (Wildman–Crippen MR) is 121 cm³/mol. The SMILES string of the molecule is CC(=O)Nc1ccc(-n2cc(-c3ccc4c(c3)CC/C4=N\O)c(-c3ccncc3)n2)nc1. The minimum atomic E-state index is -0.146. The van der Waals surface area contributed by atoms with Gasteiger partial charge in [-0.15, -0.1) is 0 Å². The fraction of sp³-hybridized carbons (Fsp3) is 0.125. The van der Waals surface area contributed by atoms with Crippen LogP contribution < -0.4 is 5.32 Å². The molecule has 3 heterocycles. The lowest BCUT2D eigenvalue weighted by Gasteiger charge is -2.05. The number of hydrogen-bond acceptors (Lipinski definition) is 6. The molecule has 4 aromatic rings. The summed E-state index contributed by atoms with van der Waals surface area (Å²) in [4.78, 5) is 19.8. The van der Waals surface area contributed by atoms with Gasteiger partial charge in [-0.05, 0) is 48.2 Å². The average molecular weight is 424 g/mol. The van der Waals surface area contributed by atoms with Gasteiger partial charge in [0.25, 0.3) is 0 Å². The van der Waals surface area contributed by atoms with Crippen molar-refractivity contribution in [2.45, 2.75) is 19.8 Å². The van der Waals surface area contributed by atoms with E-state index in [1.807, 2.05) is 36.5 Å². The highest BCUT2D eigenvalue weighted by molar-refractivity contribution is 6.04. The Balaban J connectivity index is 1.59. The third kappa shape index (κ3) is 3.62. The van der Waals surface area contributed by atoms with Crippen LogP contribution in [0.3, 0.4) is 0 Å². The Morgan fingerprint density at radius 1 is 1.06 bits per heavy atom. The number of nitrogens with zero attached hydrogens (tertiary/aromatic N) is 5. The van der Waals surface area contributed by atoms with E-state index >= 15 is 0 Å². The number of fused-ring (bicyclic) bond motifs is 1. The molecule has 0 saturated carbocycles. The van der Waals surface area contributed by atoms with Gasteiger partial charge in [-0.1, -0.05) is 23.4 Å². The van der Waals surface area contributed by atoms with Gasteiger partial charge >= 0.3 is 0 Å². The molecule has 0 atom stereocenters. The van der Waals surface area contributed by atoms with Gasteiger partial charge in [-0.2, -0.15) is 5.10 Å². The molecule has 8 nitrogen and oxygen atoms in total. The summed E-state index contributed by atoms with van der Waals surface area (Å²) in [5, 5.41) is 20.2. The highest BCUT2D eigenvalue weighted by Gasteiger charge is 2.21. The number of aryl methyl sites for hydroxylation is 1. The number of carbonyl (C=O) groups excluding carboxylic acids is 1. The monoisotopic (exact) mass is 424 g/mol. The van der Waals surface area contributed by atoms with Gasteiger partial charge in [0.1, 0.15) is 5.69 Å². The first-order valence-corrected chi connectivity index (χ1v) is 10.2. The van der Waals surface area contributed by atoms with Crippen LogP contribution in [0.2, 0.25) is 0 Å². The minimum absolute atomic E-state index is 0.146. The number of hydrogen-bond donors (Lipinski definition) is 2. The Bertz CT molecular complexity index is 1330. The maximum Gasteiger partial charge on any atom is 0.221 e. The molecule has 1 amide bonds. The highest BCUT2D eigenvalue weighted by Crippen LogP contribution is 2.34. The van der Waals surface area contributed by atoms with Gasteiger partial charge in [-0.3, -0.25) is 9.78 Å². The highest BCUT2D eigenvalue weighted by atomic mass is 16.4. The van der Waals surface area contributed by atoms with Crippen LogP contribution in [0.15, 0.2) is 72.4 Å². The quantitative estimate of drug-likeness (QED) is 0.379. The van der Waals surface area contributed by atoms with Crippen molar-refractivity contribution in [2.75, 3.05) is 5.32 Å². The summed E-state index contributed by atoms with van der Waals surface area (Å²) in [6.07, 6.45) is 8.61. The summed E-state index contributed by atoms with van der Waals surface area (Å²) in [6.45, 7) is 1.46. The van der Waals surface area contributed by atoms with Gasteiger partial charge in [-0.25, -0.2) is 9.67 Å². The molecule has 0 saturated heterocycles. The number of benzene rings is 1. The lowest BCUT2D eigenvalue weighted by Crippen LogP contribution is -2.06. The van der Waals surface area contributed by atoms with E-state index in [1.54, 1.807) is 29.3 Å². The second kappa shape index (κ2) is 8.07. The zero-order chi connectivity index (χ0) is 22.1. The summed E-state index contributed by atoms with van der Waals surface area (Å²) in [5.41, 5.74) is 7.24. The molecule has 1 aromatic carbocycles. The zero-order valence-corrected chi connectivity index (χ0v) is 17.4. The van der Waals surface area contributed by atoms with E-state index < -0.39 is 0 Å². The summed E-state index contributed by atoms with van der Waals surface area (Å²) in [5.74, 6) is 0.489. The van der Waals surface area contributed by atoms with Crippen molar-refractivity contribution in [3.8, 4) is 28.2 Å². The molecule has 0 spiro atoms. The maximum absolute atomic E-state index is 11.3. The normalized spacial score (nSPS) is 13.8. The van der Waals surface area contributed by atoms with E-state index in [1.165, 1.54) is 6.92 Å². The Labute approximate surface area is 184 Å². The summed E-state index contributed by atoms with van der Waals surface area (Å²) in [6, 6.07) is 13.6. The van der Waals surface area contributed by atoms with Crippen LogP contribution in [0.4, 0.5) is 5.69 Å². The number of aromatic nitrogens is 4. The Hall–Kier alpha value is -4.33. The molecule has 8 heteroatoms.